The van der Waals surface area contributed by atoms with Crippen molar-refractivity contribution in [1.29, 1.82) is 0 Å². The van der Waals surface area contributed by atoms with E-state index in [0.717, 1.165) is 24.8 Å². The van der Waals surface area contributed by atoms with Crippen molar-refractivity contribution >= 4 is 23.7 Å². The van der Waals surface area contributed by atoms with Gasteiger partial charge in [0.25, 0.3) is 0 Å². The van der Waals surface area contributed by atoms with Gasteiger partial charge in [-0.1, -0.05) is 40.2 Å². The number of rotatable bonds is 8. The summed E-state index contributed by atoms with van der Waals surface area (Å²) in [5.41, 5.74) is -2.63. The minimum atomic E-state index is -2.10. The van der Waals surface area contributed by atoms with Gasteiger partial charge in [-0.2, -0.15) is 0 Å². The zero-order chi connectivity index (χ0) is 43.6. The standard InChI is InChI=1S/C42H62O17/c1-37-11-12-38(2,36(54)55)16-19(37)18-15-20(44)31-39(3)9-8-22(40(4,17-43)21(39)7-10-42(31,6)41(18,5)14-13-37)56-35-30(26(48)25(47)29(58-35)33(52)53)59-34-27(49)23(45)24(46)28(57-34)32(50)51/h15,19,21-31,34-35,43,45-49H,7-14,16-17H2,1-6H3,(H,50,51)(H,52,53)(H,54,55)/t19-,21+,22-,23-,24-,25-,26-,27+,28-,29-,30+,31+,34-,35+,37+,38-,39-,40+,41+,42+/m0/s1. The molecular weight excluding hydrogens is 776 g/mol. The van der Waals surface area contributed by atoms with E-state index in [2.05, 4.69) is 27.7 Å². The highest BCUT2D eigenvalue weighted by Gasteiger charge is 2.71. The van der Waals surface area contributed by atoms with E-state index >= 15 is 0 Å². The van der Waals surface area contributed by atoms with Gasteiger partial charge in [0.15, 0.2) is 30.6 Å². The van der Waals surface area contributed by atoms with Crippen LogP contribution in [0.25, 0.3) is 0 Å². The second kappa shape index (κ2) is 14.8. The Bertz CT molecular complexity index is 1750. The number of hydrogen-bond acceptors (Lipinski definition) is 14. The normalized spacial score (nSPS) is 53.5. The van der Waals surface area contributed by atoms with Gasteiger partial charge in [0.05, 0.1) is 18.1 Å². The van der Waals surface area contributed by atoms with Crippen LogP contribution in [-0.4, -0.2) is 144 Å². The Labute approximate surface area is 342 Å². The van der Waals surface area contributed by atoms with Crippen molar-refractivity contribution in [3.8, 4) is 0 Å². The second-order valence-electron chi connectivity index (χ2n) is 20.5. The van der Waals surface area contributed by atoms with Crippen LogP contribution in [0, 0.1) is 50.2 Å². The molecule has 2 aliphatic heterocycles. The van der Waals surface area contributed by atoms with E-state index < -0.39 is 125 Å². The number of carboxylic acid groups (broad SMARTS) is 3. The summed E-state index contributed by atoms with van der Waals surface area (Å²) in [6, 6.07) is 0. The number of ether oxygens (including phenoxy) is 4. The second-order valence-corrected chi connectivity index (χ2v) is 20.5. The molecule has 0 bridgehead atoms. The summed E-state index contributed by atoms with van der Waals surface area (Å²) in [5.74, 6) is -5.02. The molecule has 17 nitrogen and oxygen atoms in total. The Balaban J connectivity index is 1.19. The zero-order valence-electron chi connectivity index (χ0n) is 34.5. The average molecular weight is 839 g/mol. The third-order valence-corrected chi connectivity index (χ3v) is 17.4. The van der Waals surface area contributed by atoms with Crippen molar-refractivity contribution in [1.82, 2.24) is 0 Å². The molecule has 7 rings (SSSR count). The molecule has 9 N–H and O–H groups in total. The lowest BCUT2D eigenvalue weighted by Crippen LogP contribution is -2.69. The molecule has 4 saturated carbocycles. The first-order chi connectivity index (χ1) is 27.3. The first-order valence-corrected chi connectivity index (χ1v) is 20.9. The first kappa shape index (κ1) is 44.5. The fourth-order valence-electron chi connectivity index (χ4n) is 13.4. The fourth-order valence-corrected chi connectivity index (χ4v) is 13.4. The van der Waals surface area contributed by atoms with E-state index in [-0.39, 0.29) is 29.5 Å². The van der Waals surface area contributed by atoms with E-state index in [1.807, 2.05) is 19.9 Å². The highest BCUT2D eigenvalue weighted by molar-refractivity contribution is 5.95. The molecule has 0 spiro atoms. The number of fused-ring (bicyclic) bond motifs is 7. The van der Waals surface area contributed by atoms with Crippen LogP contribution in [0.1, 0.15) is 99.3 Å². The Morgan fingerprint density at radius 2 is 1.32 bits per heavy atom. The van der Waals surface area contributed by atoms with Gasteiger partial charge in [-0.3, -0.25) is 9.59 Å². The minimum absolute atomic E-state index is 0.0119. The van der Waals surface area contributed by atoms with Crippen molar-refractivity contribution in [3.05, 3.63) is 11.6 Å². The highest BCUT2D eigenvalue weighted by atomic mass is 16.8. The summed E-state index contributed by atoms with van der Waals surface area (Å²) in [6.07, 6.45) is -13.8. The molecule has 2 saturated heterocycles. The Kier molecular flexibility index (Phi) is 11.1. The summed E-state index contributed by atoms with van der Waals surface area (Å²) in [5, 5.41) is 94.3. The number of ketones is 1. The van der Waals surface area contributed by atoms with Gasteiger partial charge in [-0.15, -0.1) is 0 Å². The van der Waals surface area contributed by atoms with E-state index in [1.165, 1.54) is 0 Å². The quantitative estimate of drug-likeness (QED) is 0.155. The summed E-state index contributed by atoms with van der Waals surface area (Å²) >= 11 is 0. The van der Waals surface area contributed by atoms with Crippen LogP contribution in [0.15, 0.2) is 11.6 Å². The van der Waals surface area contributed by atoms with Crippen LogP contribution in [-0.2, 0) is 38.1 Å². The van der Waals surface area contributed by atoms with Crippen LogP contribution in [0.2, 0.25) is 0 Å². The lowest BCUT2D eigenvalue weighted by atomic mass is 9.33. The van der Waals surface area contributed by atoms with E-state index in [9.17, 15) is 65.1 Å². The van der Waals surface area contributed by atoms with Crippen LogP contribution in [0.3, 0.4) is 0 Å². The lowest BCUT2D eigenvalue weighted by molar-refractivity contribution is -0.372. The smallest absolute Gasteiger partial charge is 0.335 e. The van der Waals surface area contributed by atoms with E-state index in [1.54, 1.807) is 0 Å². The molecule has 0 amide bonds. The molecule has 0 aromatic heterocycles. The maximum Gasteiger partial charge on any atom is 0.335 e. The molecule has 2 heterocycles. The van der Waals surface area contributed by atoms with Crippen LogP contribution < -0.4 is 0 Å². The number of hydrogen-bond donors (Lipinski definition) is 9. The van der Waals surface area contributed by atoms with Gasteiger partial charge in [0, 0.05) is 11.3 Å². The first-order valence-electron chi connectivity index (χ1n) is 20.9. The Morgan fingerprint density at radius 3 is 1.92 bits per heavy atom. The number of carboxylic acids is 3. The van der Waals surface area contributed by atoms with Gasteiger partial charge in [0.1, 0.15) is 36.6 Å². The molecule has 20 atom stereocenters. The van der Waals surface area contributed by atoms with Gasteiger partial charge in [-0.25, -0.2) is 9.59 Å². The largest absolute Gasteiger partial charge is 0.481 e. The van der Waals surface area contributed by atoms with Crippen molar-refractivity contribution in [2.24, 2.45) is 50.2 Å². The number of aliphatic hydroxyl groups excluding tert-OH is 6. The summed E-state index contributed by atoms with van der Waals surface area (Å²) in [7, 11) is 0. The molecule has 59 heavy (non-hydrogen) atoms. The van der Waals surface area contributed by atoms with Crippen molar-refractivity contribution < 1.29 is 84.1 Å². The molecule has 6 fully saturated rings. The van der Waals surface area contributed by atoms with Crippen LogP contribution >= 0.6 is 0 Å². The predicted octanol–water partition coefficient (Wildman–Crippen LogP) is 1.22. The molecule has 17 heteroatoms. The van der Waals surface area contributed by atoms with Crippen molar-refractivity contribution in [3.63, 3.8) is 0 Å². The summed E-state index contributed by atoms with van der Waals surface area (Å²) < 4.78 is 23.2. The number of carbonyl (C=O) groups excluding carboxylic acids is 1. The van der Waals surface area contributed by atoms with Crippen LogP contribution in [0.5, 0.6) is 0 Å². The molecule has 0 aromatic rings. The van der Waals surface area contributed by atoms with Gasteiger partial charge in [0.2, 0.25) is 0 Å². The SMILES string of the molecule is C[C@]1(C(=O)O)CC[C@]2(C)CC[C@]3(C)C(=CC(=O)[C@@H]4[C@@]5(C)CC[C@H](O[C@@H]6O[C@H](C(=O)O)[C@@H](O)[C@H](O)[C@H]6O[C@@H]6O[C@H](C(=O)O)[C@@H](O)[C@H](O)[C@H]6O)[C@](C)(CO)[C@@H]5CC[C@]43C)[C@@H]2C1. The predicted molar refractivity (Wildman–Crippen MR) is 201 cm³/mol. The fraction of sp³-hybridized carbons (Fsp3) is 0.857. The molecule has 5 aliphatic carbocycles. The Morgan fingerprint density at radius 1 is 0.729 bits per heavy atom. The Hall–Kier alpha value is -2.58. The van der Waals surface area contributed by atoms with Gasteiger partial charge >= 0.3 is 17.9 Å². The van der Waals surface area contributed by atoms with Gasteiger partial charge < -0.3 is 64.9 Å². The summed E-state index contributed by atoms with van der Waals surface area (Å²) in [4.78, 5) is 51.4. The third-order valence-electron chi connectivity index (χ3n) is 17.4. The topological polar surface area (TPSA) is 287 Å². The molecule has 7 aliphatic rings. The minimum Gasteiger partial charge on any atom is -0.481 e. The number of aliphatic hydroxyl groups is 6. The van der Waals surface area contributed by atoms with Crippen molar-refractivity contribution in [2.45, 2.75) is 167 Å². The zero-order valence-corrected chi connectivity index (χ0v) is 34.5. The molecule has 332 valence electrons. The van der Waals surface area contributed by atoms with Crippen molar-refractivity contribution in [2.75, 3.05) is 6.61 Å². The molecule has 0 radical (unpaired) electrons. The number of aliphatic carboxylic acids is 3. The lowest BCUT2D eigenvalue weighted by Gasteiger charge is -2.70. The highest BCUT2D eigenvalue weighted by Crippen LogP contribution is 2.75. The number of allylic oxidation sites excluding steroid dienone is 2. The maximum absolute atomic E-state index is 14.9. The molecule has 0 unspecified atom stereocenters. The van der Waals surface area contributed by atoms with E-state index in [4.69, 9.17) is 18.9 Å². The third kappa shape index (κ3) is 6.46. The molecule has 0 aromatic carbocycles. The van der Waals surface area contributed by atoms with Crippen LogP contribution in [0.4, 0.5) is 0 Å². The number of carbonyl (C=O) groups is 4. The average Bonchev–Trinajstić information content (AvgIpc) is 3.16. The molecular formula is C42H62O17. The monoisotopic (exact) mass is 838 g/mol. The van der Waals surface area contributed by atoms with Gasteiger partial charge in [-0.05, 0) is 104 Å². The summed E-state index contributed by atoms with van der Waals surface area (Å²) in [6.45, 7) is 12.0. The maximum atomic E-state index is 14.9. The van der Waals surface area contributed by atoms with E-state index in [0.29, 0.717) is 32.1 Å².